The van der Waals surface area contributed by atoms with Gasteiger partial charge in [0.1, 0.15) is 11.8 Å². The lowest BCUT2D eigenvalue weighted by atomic mass is 10.0. The Morgan fingerprint density at radius 2 is 1.95 bits per heavy atom. The summed E-state index contributed by atoms with van der Waals surface area (Å²) >= 11 is 12.3. The zero-order chi connectivity index (χ0) is 28.1. The molecular formula is C27H25Cl2N7O3. The normalized spacial score (nSPS) is 11.9. The van der Waals surface area contributed by atoms with Crippen LogP contribution in [0.2, 0.25) is 10.2 Å². The van der Waals surface area contributed by atoms with Crippen molar-refractivity contribution in [1.82, 2.24) is 19.6 Å². The van der Waals surface area contributed by atoms with Gasteiger partial charge in [-0.2, -0.15) is 0 Å². The van der Waals surface area contributed by atoms with Crippen LogP contribution in [0.5, 0.6) is 5.75 Å². The molecule has 2 heterocycles. The number of rotatable bonds is 9. The number of pyridine rings is 1. The molecule has 1 unspecified atom stereocenters. The lowest BCUT2D eigenvalue weighted by Gasteiger charge is -2.21. The lowest BCUT2D eigenvalue weighted by Crippen LogP contribution is -2.32. The van der Waals surface area contributed by atoms with Gasteiger partial charge in [-0.1, -0.05) is 35.3 Å². The Balaban J connectivity index is 1.73. The molecule has 1 N–H and O–H groups in total. The SMILES string of the molecule is C=Nc1cc(NC(=O)C(CC)n2cc(OC)c(-c3cc(Cl)ccc3-n3cc(Cl)nn3)cc2=O)ccc1/N=C\C. The van der Waals surface area contributed by atoms with E-state index in [2.05, 4.69) is 32.3 Å². The number of ether oxygens (including phenoxy) is 1. The predicted octanol–water partition coefficient (Wildman–Crippen LogP) is 6.06. The van der Waals surface area contributed by atoms with Crippen LogP contribution in [0.15, 0.2) is 69.6 Å². The first-order valence-electron chi connectivity index (χ1n) is 11.9. The highest BCUT2D eigenvalue weighted by Crippen LogP contribution is 2.36. The van der Waals surface area contributed by atoms with E-state index in [0.29, 0.717) is 51.1 Å². The van der Waals surface area contributed by atoms with Gasteiger partial charge in [0.2, 0.25) is 5.91 Å². The van der Waals surface area contributed by atoms with Crippen molar-refractivity contribution in [2.45, 2.75) is 26.3 Å². The van der Waals surface area contributed by atoms with Gasteiger partial charge in [-0.3, -0.25) is 24.1 Å². The van der Waals surface area contributed by atoms with Gasteiger partial charge in [0.25, 0.3) is 5.56 Å². The van der Waals surface area contributed by atoms with Crippen LogP contribution in [0, 0.1) is 0 Å². The minimum Gasteiger partial charge on any atom is -0.495 e. The summed E-state index contributed by atoms with van der Waals surface area (Å²) < 4.78 is 8.47. The minimum absolute atomic E-state index is 0.207. The third kappa shape index (κ3) is 5.92. The highest BCUT2D eigenvalue weighted by molar-refractivity contribution is 6.31. The molecule has 0 radical (unpaired) electrons. The van der Waals surface area contributed by atoms with Gasteiger partial charge in [-0.05, 0) is 56.5 Å². The minimum atomic E-state index is -0.818. The second kappa shape index (κ2) is 12.1. The average molecular weight is 566 g/mol. The van der Waals surface area contributed by atoms with E-state index in [-0.39, 0.29) is 11.1 Å². The molecule has 0 bridgehead atoms. The van der Waals surface area contributed by atoms with E-state index in [4.69, 9.17) is 27.9 Å². The summed E-state index contributed by atoms with van der Waals surface area (Å²) in [6, 6.07) is 10.8. The van der Waals surface area contributed by atoms with Crippen molar-refractivity contribution in [3.05, 3.63) is 75.4 Å². The van der Waals surface area contributed by atoms with Crippen LogP contribution < -0.4 is 15.6 Å². The fraction of sp³-hybridized carbons (Fsp3) is 0.185. The molecule has 0 saturated heterocycles. The Labute approximate surface area is 234 Å². The molecule has 12 heteroatoms. The molecule has 0 fully saturated rings. The van der Waals surface area contributed by atoms with Gasteiger partial charge in [0.15, 0.2) is 5.15 Å². The molecule has 0 aliphatic carbocycles. The number of anilines is 1. The number of carbonyl (C=O) groups excluding carboxylic acids is 1. The summed E-state index contributed by atoms with van der Waals surface area (Å²) in [5, 5.41) is 11.4. The third-order valence-corrected chi connectivity index (χ3v) is 6.34. The number of halogens is 2. The number of amides is 1. The number of aliphatic imine (C=N–C) groups is 2. The summed E-state index contributed by atoms with van der Waals surface area (Å²) in [5.74, 6) is -0.0210. The molecule has 1 atom stereocenters. The Hall–Kier alpha value is -4.28. The van der Waals surface area contributed by atoms with Crippen LogP contribution in [0.1, 0.15) is 26.3 Å². The lowest BCUT2D eigenvalue weighted by molar-refractivity contribution is -0.119. The zero-order valence-electron chi connectivity index (χ0n) is 21.4. The molecule has 1 amide bonds. The van der Waals surface area contributed by atoms with E-state index in [1.807, 2.05) is 6.92 Å². The smallest absolute Gasteiger partial charge is 0.252 e. The van der Waals surface area contributed by atoms with Crippen LogP contribution in [0.4, 0.5) is 17.1 Å². The summed E-state index contributed by atoms with van der Waals surface area (Å²) in [6.45, 7) is 7.18. The number of nitrogens with one attached hydrogen (secondary N) is 1. The molecule has 39 heavy (non-hydrogen) atoms. The number of nitrogens with zero attached hydrogens (tertiary/aromatic N) is 6. The topological polar surface area (TPSA) is 116 Å². The van der Waals surface area contributed by atoms with E-state index in [1.165, 1.54) is 34.8 Å². The summed E-state index contributed by atoms with van der Waals surface area (Å²) in [6.07, 6.45) is 5.04. The Kier molecular flexibility index (Phi) is 8.58. The van der Waals surface area contributed by atoms with Crippen LogP contribution in [0.3, 0.4) is 0 Å². The van der Waals surface area contributed by atoms with Crippen LogP contribution in [-0.4, -0.2) is 45.5 Å². The first-order chi connectivity index (χ1) is 18.8. The molecule has 0 saturated carbocycles. The molecule has 0 aliphatic heterocycles. The van der Waals surface area contributed by atoms with Crippen molar-refractivity contribution in [2.75, 3.05) is 12.4 Å². The van der Waals surface area contributed by atoms with E-state index in [1.54, 1.807) is 49.5 Å². The van der Waals surface area contributed by atoms with Crippen LogP contribution in [0.25, 0.3) is 16.8 Å². The van der Waals surface area contributed by atoms with Crippen LogP contribution in [-0.2, 0) is 4.79 Å². The summed E-state index contributed by atoms with van der Waals surface area (Å²) in [7, 11) is 1.48. The first-order valence-corrected chi connectivity index (χ1v) is 12.6. The number of methoxy groups -OCH3 is 1. The van der Waals surface area contributed by atoms with E-state index in [0.717, 1.165) is 0 Å². The fourth-order valence-corrected chi connectivity index (χ4v) is 4.44. The Morgan fingerprint density at radius 3 is 2.59 bits per heavy atom. The highest BCUT2D eigenvalue weighted by atomic mass is 35.5. The molecular weight excluding hydrogens is 541 g/mol. The molecule has 10 nitrogen and oxygen atoms in total. The van der Waals surface area contributed by atoms with Gasteiger partial charge in [0, 0.05) is 34.1 Å². The Bertz CT molecular complexity index is 1630. The first kappa shape index (κ1) is 27.7. The van der Waals surface area contributed by atoms with Crippen molar-refractivity contribution >= 4 is 59.1 Å². The average Bonchev–Trinajstić information content (AvgIpc) is 3.36. The van der Waals surface area contributed by atoms with Gasteiger partial charge >= 0.3 is 0 Å². The second-order valence-corrected chi connectivity index (χ2v) is 9.13. The zero-order valence-corrected chi connectivity index (χ0v) is 22.9. The molecule has 200 valence electrons. The molecule has 2 aromatic carbocycles. The summed E-state index contributed by atoms with van der Waals surface area (Å²) in [5.41, 5.74) is 2.87. The predicted molar refractivity (Wildman–Crippen MR) is 155 cm³/mol. The van der Waals surface area contributed by atoms with Crippen molar-refractivity contribution < 1.29 is 9.53 Å². The highest BCUT2D eigenvalue weighted by Gasteiger charge is 2.23. The van der Waals surface area contributed by atoms with Crippen molar-refractivity contribution in [1.29, 1.82) is 0 Å². The largest absolute Gasteiger partial charge is 0.495 e. The molecule has 2 aromatic heterocycles. The summed E-state index contributed by atoms with van der Waals surface area (Å²) in [4.78, 5) is 34.9. The number of carbonyl (C=O) groups is 1. The van der Waals surface area contributed by atoms with E-state index in [9.17, 15) is 9.59 Å². The quantitative estimate of drug-likeness (QED) is 0.248. The maximum atomic E-state index is 13.4. The fourth-order valence-electron chi connectivity index (χ4n) is 4.14. The standard InChI is InChI=1S/C27H25Cl2N7O3/c1-5-22(27(38)32-17-8-9-20(31-6-2)21(12-17)30-3)35-14-24(39-4)19(13-26(35)37)18-11-16(28)7-10-23(18)36-15-25(29)33-34-36/h6-15,22H,3,5H2,1-2,4H3,(H,32,38)/b31-6-. The van der Waals surface area contributed by atoms with Gasteiger partial charge in [-0.25, -0.2) is 4.68 Å². The Morgan fingerprint density at radius 1 is 1.15 bits per heavy atom. The van der Waals surface area contributed by atoms with Gasteiger partial charge in [0.05, 0.1) is 36.6 Å². The molecule has 4 rings (SSSR count). The number of hydrogen-bond acceptors (Lipinski definition) is 7. The van der Waals surface area contributed by atoms with Gasteiger partial charge < -0.3 is 10.1 Å². The third-order valence-electron chi connectivity index (χ3n) is 5.93. The van der Waals surface area contributed by atoms with Crippen LogP contribution >= 0.6 is 23.2 Å². The van der Waals surface area contributed by atoms with Gasteiger partial charge in [-0.15, -0.1) is 5.10 Å². The van der Waals surface area contributed by atoms with Crippen molar-refractivity contribution in [2.24, 2.45) is 9.98 Å². The maximum Gasteiger partial charge on any atom is 0.252 e. The maximum absolute atomic E-state index is 13.4. The number of benzene rings is 2. The van der Waals surface area contributed by atoms with Crippen molar-refractivity contribution in [3.8, 4) is 22.6 Å². The van der Waals surface area contributed by atoms with E-state index < -0.39 is 11.6 Å². The number of aromatic nitrogens is 4. The molecule has 0 aliphatic rings. The second-order valence-electron chi connectivity index (χ2n) is 8.31. The monoisotopic (exact) mass is 565 g/mol. The number of hydrogen-bond donors (Lipinski definition) is 1. The molecule has 0 spiro atoms. The molecule has 4 aromatic rings. The van der Waals surface area contributed by atoms with E-state index >= 15 is 0 Å². The van der Waals surface area contributed by atoms with Crippen molar-refractivity contribution in [3.63, 3.8) is 0 Å².